The van der Waals surface area contributed by atoms with Gasteiger partial charge in [-0.1, -0.05) is 55.1 Å². The van der Waals surface area contributed by atoms with Crippen LogP contribution in [0.2, 0.25) is 10.0 Å². The predicted molar refractivity (Wildman–Crippen MR) is 96.9 cm³/mol. The van der Waals surface area contributed by atoms with E-state index in [1.54, 1.807) is 36.4 Å². The molecule has 2 rings (SSSR count). The van der Waals surface area contributed by atoms with Crippen LogP contribution in [0.3, 0.4) is 0 Å². The van der Waals surface area contributed by atoms with Crippen molar-refractivity contribution < 1.29 is 17.3 Å². The van der Waals surface area contributed by atoms with Crippen molar-refractivity contribution in [1.29, 1.82) is 0 Å². The van der Waals surface area contributed by atoms with E-state index in [2.05, 4.69) is 0 Å². The van der Waals surface area contributed by atoms with E-state index >= 15 is 0 Å². The fraction of sp³-hybridized carbons (Fsp3) is 0.294. The van der Waals surface area contributed by atoms with Gasteiger partial charge in [-0.05, 0) is 30.7 Å². The van der Waals surface area contributed by atoms with E-state index in [1.165, 1.54) is 6.07 Å². The van der Waals surface area contributed by atoms with Gasteiger partial charge in [0.15, 0.2) is 0 Å². The van der Waals surface area contributed by atoms with Crippen LogP contribution in [0.15, 0.2) is 42.5 Å². The highest BCUT2D eigenvalue weighted by molar-refractivity contribution is 7.87. The molecule has 2 aromatic carbocycles. The number of hydrogen-bond acceptors (Lipinski definition) is 4. The van der Waals surface area contributed by atoms with Gasteiger partial charge in [0.05, 0.1) is 10.8 Å². The minimum atomic E-state index is -3.61. The molecule has 0 fully saturated rings. The van der Waals surface area contributed by atoms with Crippen LogP contribution in [0.25, 0.3) is 0 Å². The van der Waals surface area contributed by atoms with Crippen LogP contribution in [0.1, 0.15) is 26.2 Å². The Morgan fingerprint density at radius 3 is 2.46 bits per heavy atom. The molecule has 0 N–H and O–H groups in total. The summed E-state index contributed by atoms with van der Waals surface area (Å²) < 4.78 is 34.6. The largest absolute Gasteiger partial charge is 0.456 e. The average molecular weight is 389 g/mol. The van der Waals surface area contributed by atoms with E-state index in [-0.39, 0.29) is 16.5 Å². The summed E-state index contributed by atoms with van der Waals surface area (Å²) >= 11 is 12.0. The van der Waals surface area contributed by atoms with Crippen LogP contribution < -0.4 is 8.92 Å². The highest BCUT2D eigenvalue weighted by Crippen LogP contribution is 2.35. The maximum atomic E-state index is 11.9. The van der Waals surface area contributed by atoms with Crippen LogP contribution in [-0.2, 0) is 10.1 Å². The van der Waals surface area contributed by atoms with Crippen molar-refractivity contribution in [3.05, 3.63) is 52.5 Å². The molecule has 0 unspecified atom stereocenters. The van der Waals surface area contributed by atoms with E-state index in [9.17, 15) is 8.42 Å². The fourth-order valence-electron chi connectivity index (χ4n) is 2.00. The molecule has 7 heteroatoms. The molecule has 24 heavy (non-hydrogen) atoms. The monoisotopic (exact) mass is 388 g/mol. The van der Waals surface area contributed by atoms with Crippen LogP contribution in [-0.4, -0.2) is 14.2 Å². The van der Waals surface area contributed by atoms with Gasteiger partial charge in [0.25, 0.3) is 0 Å². The van der Waals surface area contributed by atoms with Gasteiger partial charge in [0.1, 0.15) is 22.3 Å². The molecule has 0 radical (unpaired) electrons. The van der Waals surface area contributed by atoms with Crippen molar-refractivity contribution in [3.63, 3.8) is 0 Å². The first-order chi connectivity index (χ1) is 11.4. The third-order valence-electron chi connectivity index (χ3n) is 3.17. The molecule has 0 aliphatic heterocycles. The SMILES string of the molecule is CCCCCS(=O)(=O)Oc1cccc(Oc2cccc(Cl)c2Cl)c1. The number of benzene rings is 2. The van der Waals surface area contributed by atoms with Gasteiger partial charge in [-0.3, -0.25) is 0 Å². The van der Waals surface area contributed by atoms with Crippen molar-refractivity contribution in [3.8, 4) is 17.2 Å². The highest BCUT2D eigenvalue weighted by Gasteiger charge is 2.13. The van der Waals surface area contributed by atoms with Crippen LogP contribution >= 0.6 is 23.2 Å². The predicted octanol–water partition coefficient (Wildman–Crippen LogP) is 5.68. The Balaban J connectivity index is 2.10. The van der Waals surface area contributed by atoms with Gasteiger partial charge >= 0.3 is 10.1 Å². The Labute approximate surface area is 152 Å². The van der Waals surface area contributed by atoms with Gasteiger partial charge in [-0.15, -0.1) is 0 Å². The first-order valence-electron chi connectivity index (χ1n) is 7.55. The fourth-order valence-corrected chi connectivity index (χ4v) is 3.36. The van der Waals surface area contributed by atoms with E-state index in [1.807, 2.05) is 6.92 Å². The molecule has 0 atom stereocenters. The van der Waals surface area contributed by atoms with Crippen LogP contribution in [0.4, 0.5) is 0 Å². The standard InChI is InChI=1S/C17H18Cl2O4S/c1-2-3-4-11-24(20,21)23-14-8-5-7-13(12-14)22-16-10-6-9-15(18)17(16)19/h5-10,12H,2-4,11H2,1H3. The lowest BCUT2D eigenvalue weighted by Crippen LogP contribution is -2.13. The molecule has 0 spiro atoms. The summed E-state index contributed by atoms with van der Waals surface area (Å²) in [7, 11) is -3.61. The zero-order valence-corrected chi connectivity index (χ0v) is 15.5. The third-order valence-corrected chi connectivity index (χ3v) is 5.21. The molecule has 2 aromatic rings. The summed E-state index contributed by atoms with van der Waals surface area (Å²) in [4.78, 5) is 0. The van der Waals surface area contributed by atoms with Gasteiger partial charge < -0.3 is 8.92 Å². The average Bonchev–Trinajstić information content (AvgIpc) is 2.52. The molecule has 4 nitrogen and oxygen atoms in total. The van der Waals surface area contributed by atoms with Crippen molar-refractivity contribution in [2.75, 3.05) is 5.75 Å². The molecule has 0 saturated carbocycles. The second-order valence-corrected chi connectivity index (χ2v) is 7.66. The second kappa shape index (κ2) is 8.60. The molecular weight excluding hydrogens is 371 g/mol. The number of unbranched alkanes of at least 4 members (excludes halogenated alkanes) is 2. The zero-order valence-electron chi connectivity index (χ0n) is 13.2. The summed E-state index contributed by atoms with van der Waals surface area (Å²) in [6, 6.07) is 11.4. The molecule has 0 saturated heterocycles. The smallest absolute Gasteiger partial charge is 0.309 e. The lowest BCUT2D eigenvalue weighted by Gasteiger charge is -2.10. The lowest BCUT2D eigenvalue weighted by atomic mass is 10.3. The molecular formula is C17H18Cl2O4S. The summed E-state index contributed by atoms with van der Waals surface area (Å²) in [5, 5.41) is 0.665. The van der Waals surface area contributed by atoms with Crippen LogP contribution in [0.5, 0.6) is 17.2 Å². The van der Waals surface area contributed by atoms with Gasteiger partial charge in [-0.2, -0.15) is 8.42 Å². The Kier molecular flexibility index (Phi) is 6.78. The Bertz CT molecular complexity index is 791. The van der Waals surface area contributed by atoms with Crippen molar-refractivity contribution in [1.82, 2.24) is 0 Å². The van der Waals surface area contributed by atoms with Crippen LogP contribution in [0, 0.1) is 0 Å². The minimum Gasteiger partial charge on any atom is -0.456 e. The first-order valence-corrected chi connectivity index (χ1v) is 9.88. The summed E-state index contributed by atoms with van der Waals surface area (Å²) in [5.41, 5.74) is 0. The molecule has 0 aromatic heterocycles. The maximum Gasteiger partial charge on any atom is 0.309 e. The number of halogens is 2. The number of hydrogen-bond donors (Lipinski definition) is 0. The molecule has 130 valence electrons. The van der Waals surface area contributed by atoms with Gasteiger partial charge in [0, 0.05) is 6.07 Å². The minimum absolute atomic E-state index is 0.00789. The molecule has 0 bridgehead atoms. The third kappa shape index (κ3) is 5.58. The molecule has 0 aliphatic rings. The quantitative estimate of drug-likeness (QED) is 0.430. The molecule has 0 aliphatic carbocycles. The first kappa shape index (κ1) is 18.9. The topological polar surface area (TPSA) is 52.6 Å². The van der Waals surface area contributed by atoms with E-state index in [0.29, 0.717) is 22.9 Å². The van der Waals surface area contributed by atoms with Gasteiger partial charge in [0.2, 0.25) is 0 Å². The Morgan fingerprint density at radius 1 is 1.00 bits per heavy atom. The summed E-state index contributed by atoms with van der Waals surface area (Å²) in [5.74, 6) is 0.973. The second-order valence-electron chi connectivity index (χ2n) is 5.18. The van der Waals surface area contributed by atoms with Crippen molar-refractivity contribution in [2.45, 2.75) is 26.2 Å². The number of ether oxygens (including phenoxy) is 1. The van der Waals surface area contributed by atoms with Crippen molar-refractivity contribution in [2.24, 2.45) is 0 Å². The highest BCUT2D eigenvalue weighted by atomic mass is 35.5. The normalized spacial score (nSPS) is 11.3. The number of rotatable bonds is 8. The summed E-state index contributed by atoms with van der Waals surface area (Å²) in [6.45, 7) is 2.01. The molecule has 0 heterocycles. The maximum absolute atomic E-state index is 11.9. The van der Waals surface area contributed by atoms with E-state index in [4.69, 9.17) is 32.1 Å². The van der Waals surface area contributed by atoms with Crippen molar-refractivity contribution >= 4 is 33.3 Å². The van der Waals surface area contributed by atoms with E-state index in [0.717, 1.165) is 12.8 Å². The van der Waals surface area contributed by atoms with Gasteiger partial charge in [-0.25, -0.2) is 0 Å². The zero-order chi connectivity index (χ0) is 17.6. The summed E-state index contributed by atoms with van der Waals surface area (Å²) in [6.07, 6.45) is 2.37. The van der Waals surface area contributed by atoms with E-state index < -0.39 is 10.1 Å². The molecule has 0 amide bonds. The Morgan fingerprint density at radius 2 is 1.71 bits per heavy atom. The Hall–Kier alpha value is -1.43. The lowest BCUT2D eigenvalue weighted by molar-refractivity contribution is 0.467.